The Balaban J connectivity index is 1.58. The standard InChI is InChI=1S/C19H23N3O2/c1-14-4-3-5-17(12-14)22-10-8-16(9-11-22)20-19(24)15-6-7-18(23)21(2)13-15/h3-7,12-13,16H,8-11H2,1-2H3,(H,20,24). The first-order valence-corrected chi connectivity index (χ1v) is 8.32. The van der Waals surface area contributed by atoms with Crippen molar-refractivity contribution in [3.63, 3.8) is 0 Å². The van der Waals surface area contributed by atoms with Gasteiger partial charge in [-0.3, -0.25) is 9.59 Å². The van der Waals surface area contributed by atoms with Crippen LogP contribution in [0.5, 0.6) is 0 Å². The van der Waals surface area contributed by atoms with Crippen molar-refractivity contribution < 1.29 is 4.79 Å². The molecule has 0 bridgehead atoms. The second kappa shape index (κ2) is 6.91. The number of nitrogens with zero attached hydrogens (tertiary/aromatic N) is 2. The maximum absolute atomic E-state index is 12.3. The van der Waals surface area contributed by atoms with Crippen molar-refractivity contribution in [1.82, 2.24) is 9.88 Å². The summed E-state index contributed by atoms with van der Waals surface area (Å²) in [5.41, 5.74) is 2.92. The quantitative estimate of drug-likeness (QED) is 0.940. The number of pyridine rings is 1. The van der Waals surface area contributed by atoms with Crippen molar-refractivity contribution in [3.8, 4) is 0 Å². The average Bonchev–Trinajstić information content (AvgIpc) is 2.58. The zero-order chi connectivity index (χ0) is 17.1. The van der Waals surface area contributed by atoms with E-state index in [0.717, 1.165) is 25.9 Å². The summed E-state index contributed by atoms with van der Waals surface area (Å²) in [5.74, 6) is -0.111. The van der Waals surface area contributed by atoms with Crippen LogP contribution in [0.1, 0.15) is 28.8 Å². The fourth-order valence-corrected chi connectivity index (χ4v) is 3.10. The summed E-state index contributed by atoms with van der Waals surface area (Å²) < 4.78 is 1.43. The minimum atomic E-state index is -0.113. The van der Waals surface area contributed by atoms with Gasteiger partial charge >= 0.3 is 0 Å². The molecular formula is C19H23N3O2. The molecule has 0 unspecified atom stereocenters. The molecule has 1 aromatic carbocycles. The van der Waals surface area contributed by atoms with Crippen LogP contribution in [-0.4, -0.2) is 29.6 Å². The Bertz CT molecular complexity index is 789. The van der Waals surface area contributed by atoms with Crippen LogP contribution in [0.3, 0.4) is 0 Å². The van der Waals surface area contributed by atoms with E-state index >= 15 is 0 Å². The molecule has 1 N–H and O–H groups in total. The van der Waals surface area contributed by atoms with Crippen molar-refractivity contribution in [2.75, 3.05) is 18.0 Å². The molecule has 3 rings (SSSR count). The second-order valence-corrected chi connectivity index (χ2v) is 6.44. The largest absolute Gasteiger partial charge is 0.371 e. The lowest BCUT2D eigenvalue weighted by Crippen LogP contribution is -2.44. The predicted octanol–water partition coefficient (Wildman–Crippen LogP) is 2.09. The van der Waals surface area contributed by atoms with E-state index in [1.165, 1.54) is 21.9 Å². The van der Waals surface area contributed by atoms with Crippen LogP contribution < -0.4 is 15.8 Å². The smallest absolute Gasteiger partial charge is 0.252 e. The van der Waals surface area contributed by atoms with Crippen molar-refractivity contribution >= 4 is 11.6 Å². The van der Waals surface area contributed by atoms with Gasteiger partial charge in [-0.05, 0) is 43.5 Å². The lowest BCUT2D eigenvalue weighted by atomic mass is 10.0. The fourth-order valence-electron chi connectivity index (χ4n) is 3.10. The third-order valence-electron chi connectivity index (χ3n) is 4.54. The maximum Gasteiger partial charge on any atom is 0.252 e. The predicted molar refractivity (Wildman–Crippen MR) is 95.6 cm³/mol. The number of aromatic nitrogens is 1. The van der Waals surface area contributed by atoms with Gasteiger partial charge in [0, 0.05) is 44.1 Å². The molecule has 1 saturated heterocycles. The van der Waals surface area contributed by atoms with Crippen LogP contribution >= 0.6 is 0 Å². The minimum absolute atomic E-state index is 0.111. The molecule has 1 fully saturated rings. The minimum Gasteiger partial charge on any atom is -0.371 e. The molecule has 1 aliphatic heterocycles. The van der Waals surface area contributed by atoms with Crippen LogP contribution in [0, 0.1) is 6.92 Å². The summed E-state index contributed by atoms with van der Waals surface area (Å²) in [4.78, 5) is 26.1. The van der Waals surface area contributed by atoms with Gasteiger partial charge in [0.2, 0.25) is 5.56 Å². The summed E-state index contributed by atoms with van der Waals surface area (Å²) in [6.45, 7) is 3.97. The first kappa shape index (κ1) is 16.3. The third kappa shape index (κ3) is 3.67. The number of hydrogen-bond donors (Lipinski definition) is 1. The van der Waals surface area contributed by atoms with Gasteiger partial charge in [0.15, 0.2) is 0 Å². The van der Waals surface area contributed by atoms with Crippen molar-refractivity contribution in [3.05, 3.63) is 64.1 Å². The summed E-state index contributed by atoms with van der Waals surface area (Å²) in [6, 6.07) is 11.7. The van der Waals surface area contributed by atoms with Gasteiger partial charge in [0.05, 0.1) is 5.56 Å². The zero-order valence-corrected chi connectivity index (χ0v) is 14.2. The first-order valence-electron chi connectivity index (χ1n) is 8.32. The molecule has 1 aliphatic rings. The Morgan fingerprint density at radius 2 is 1.92 bits per heavy atom. The first-order chi connectivity index (χ1) is 11.5. The molecule has 1 aromatic heterocycles. The number of anilines is 1. The third-order valence-corrected chi connectivity index (χ3v) is 4.54. The molecule has 2 aromatic rings. The molecule has 2 heterocycles. The molecular weight excluding hydrogens is 302 g/mol. The topological polar surface area (TPSA) is 54.3 Å². The van der Waals surface area contributed by atoms with Crippen LogP contribution in [-0.2, 0) is 7.05 Å². The highest BCUT2D eigenvalue weighted by atomic mass is 16.2. The summed E-state index contributed by atoms with van der Waals surface area (Å²) in [6.07, 6.45) is 3.43. The maximum atomic E-state index is 12.3. The molecule has 0 saturated carbocycles. The van der Waals surface area contributed by atoms with E-state index in [-0.39, 0.29) is 17.5 Å². The van der Waals surface area contributed by atoms with Gasteiger partial charge in [-0.1, -0.05) is 12.1 Å². The molecule has 5 heteroatoms. The van der Waals surface area contributed by atoms with Gasteiger partial charge in [0.25, 0.3) is 5.91 Å². The van der Waals surface area contributed by atoms with Gasteiger partial charge in [-0.15, -0.1) is 0 Å². The van der Waals surface area contributed by atoms with Crippen molar-refractivity contribution in [2.45, 2.75) is 25.8 Å². The Hall–Kier alpha value is -2.56. The number of benzene rings is 1. The van der Waals surface area contributed by atoms with E-state index in [2.05, 4.69) is 41.4 Å². The van der Waals surface area contributed by atoms with Crippen LogP contribution in [0.4, 0.5) is 5.69 Å². The van der Waals surface area contributed by atoms with E-state index in [1.54, 1.807) is 19.3 Å². The number of hydrogen-bond acceptors (Lipinski definition) is 3. The SMILES string of the molecule is Cc1cccc(N2CCC(NC(=O)c3ccc(=O)n(C)c3)CC2)c1. The molecule has 5 nitrogen and oxygen atoms in total. The molecule has 1 amide bonds. The van der Waals surface area contributed by atoms with Gasteiger partial charge in [0.1, 0.15) is 0 Å². The summed E-state index contributed by atoms with van der Waals surface area (Å²) >= 11 is 0. The highest BCUT2D eigenvalue weighted by molar-refractivity contribution is 5.94. The molecule has 0 radical (unpaired) electrons. The Kier molecular flexibility index (Phi) is 4.69. The Labute approximate surface area is 141 Å². The van der Waals surface area contributed by atoms with E-state index in [9.17, 15) is 9.59 Å². The highest BCUT2D eigenvalue weighted by Crippen LogP contribution is 2.21. The molecule has 126 valence electrons. The molecule has 0 atom stereocenters. The number of carbonyl (C=O) groups is 1. The average molecular weight is 325 g/mol. The summed E-state index contributed by atoms with van der Waals surface area (Å²) in [5, 5.41) is 3.08. The number of piperidine rings is 1. The number of amides is 1. The lowest BCUT2D eigenvalue weighted by Gasteiger charge is -2.34. The number of carbonyl (C=O) groups excluding carboxylic acids is 1. The Morgan fingerprint density at radius 3 is 2.58 bits per heavy atom. The van der Waals surface area contributed by atoms with E-state index in [1.807, 2.05) is 0 Å². The molecule has 24 heavy (non-hydrogen) atoms. The van der Waals surface area contributed by atoms with Crippen LogP contribution in [0.15, 0.2) is 47.4 Å². The normalized spacial score (nSPS) is 15.3. The van der Waals surface area contributed by atoms with Gasteiger partial charge in [-0.25, -0.2) is 0 Å². The van der Waals surface area contributed by atoms with Crippen molar-refractivity contribution in [1.29, 1.82) is 0 Å². The van der Waals surface area contributed by atoms with Crippen LogP contribution in [0.2, 0.25) is 0 Å². The van der Waals surface area contributed by atoms with E-state index < -0.39 is 0 Å². The van der Waals surface area contributed by atoms with Crippen LogP contribution in [0.25, 0.3) is 0 Å². The van der Waals surface area contributed by atoms with Crippen molar-refractivity contribution in [2.24, 2.45) is 7.05 Å². The lowest BCUT2D eigenvalue weighted by molar-refractivity contribution is 0.0930. The number of rotatable bonds is 3. The molecule has 0 aliphatic carbocycles. The second-order valence-electron chi connectivity index (χ2n) is 6.44. The van der Waals surface area contributed by atoms with E-state index in [0.29, 0.717) is 5.56 Å². The van der Waals surface area contributed by atoms with Gasteiger partial charge < -0.3 is 14.8 Å². The highest BCUT2D eigenvalue weighted by Gasteiger charge is 2.21. The number of nitrogens with one attached hydrogen (secondary N) is 1. The van der Waals surface area contributed by atoms with Gasteiger partial charge in [-0.2, -0.15) is 0 Å². The zero-order valence-electron chi connectivity index (χ0n) is 14.2. The number of aryl methyl sites for hydroxylation is 2. The Morgan fingerprint density at radius 1 is 1.17 bits per heavy atom. The van der Waals surface area contributed by atoms with E-state index in [4.69, 9.17) is 0 Å². The summed E-state index contributed by atoms with van der Waals surface area (Å²) in [7, 11) is 1.65. The molecule has 0 spiro atoms. The monoisotopic (exact) mass is 325 g/mol. The fraction of sp³-hybridized carbons (Fsp3) is 0.368.